The SMILES string of the molecule is Cc1cc2c3c([n+](C)ccc3c1)-c1c(cc3occc3c1C)S2. The first kappa shape index (κ1) is 13.2. The predicted molar refractivity (Wildman–Crippen MR) is 93.9 cm³/mol. The number of rotatable bonds is 0. The summed E-state index contributed by atoms with van der Waals surface area (Å²) in [5.74, 6) is 0. The van der Waals surface area contributed by atoms with Gasteiger partial charge < -0.3 is 4.42 Å². The van der Waals surface area contributed by atoms with E-state index >= 15 is 0 Å². The molecule has 3 heterocycles. The summed E-state index contributed by atoms with van der Waals surface area (Å²) in [7, 11) is 2.14. The van der Waals surface area contributed by atoms with Crippen LogP contribution in [0.2, 0.25) is 0 Å². The second kappa shape index (κ2) is 4.39. The van der Waals surface area contributed by atoms with E-state index in [-0.39, 0.29) is 0 Å². The molecule has 0 aliphatic carbocycles. The molecule has 0 fully saturated rings. The van der Waals surface area contributed by atoms with Crippen molar-refractivity contribution in [2.45, 2.75) is 23.6 Å². The summed E-state index contributed by atoms with van der Waals surface area (Å²) in [6, 6.07) is 11.0. The van der Waals surface area contributed by atoms with Gasteiger partial charge in [-0.15, -0.1) is 0 Å². The number of nitrogens with zero attached hydrogens (tertiary/aromatic N) is 1. The van der Waals surface area contributed by atoms with Gasteiger partial charge in [-0.2, -0.15) is 0 Å². The second-order valence-electron chi connectivity index (χ2n) is 6.31. The van der Waals surface area contributed by atoms with Crippen LogP contribution in [-0.4, -0.2) is 0 Å². The van der Waals surface area contributed by atoms with E-state index in [1.807, 2.05) is 11.8 Å². The highest BCUT2D eigenvalue weighted by Gasteiger charge is 2.29. The van der Waals surface area contributed by atoms with Crippen molar-refractivity contribution in [1.29, 1.82) is 0 Å². The van der Waals surface area contributed by atoms with Crippen molar-refractivity contribution in [2.75, 3.05) is 0 Å². The second-order valence-corrected chi connectivity index (χ2v) is 7.40. The lowest BCUT2D eigenvalue weighted by atomic mass is 9.96. The van der Waals surface area contributed by atoms with E-state index in [1.165, 1.54) is 48.3 Å². The van der Waals surface area contributed by atoms with Crippen molar-refractivity contribution in [3.05, 3.63) is 53.9 Å². The number of aryl methyl sites for hydroxylation is 3. The molecule has 0 atom stereocenters. The lowest BCUT2D eigenvalue weighted by Gasteiger charge is -2.20. The van der Waals surface area contributed by atoms with Gasteiger partial charge in [-0.05, 0) is 48.6 Å². The highest BCUT2D eigenvalue weighted by Crippen LogP contribution is 2.49. The maximum Gasteiger partial charge on any atom is 0.222 e. The third-order valence-electron chi connectivity index (χ3n) is 4.78. The molecule has 0 bridgehead atoms. The normalized spacial score (nSPS) is 12.8. The first-order valence-corrected chi connectivity index (χ1v) is 8.57. The van der Waals surface area contributed by atoms with Crippen molar-refractivity contribution in [3.63, 3.8) is 0 Å². The van der Waals surface area contributed by atoms with Gasteiger partial charge in [-0.25, -0.2) is 4.57 Å². The molecule has 2 aromatic heterocycles. The predicted octanol–water partition coefficient (Wildman–Crippen LogP) is 5.16. The molecule has 0 N–H and O–H groups in total. The van der Waals surface area contributed by atoms with Gasteiger partial charge in [-0.3, -0.25) is 0 Å². The van der Waals surface area contributed by atoms with Crippen molar-refractivity contribution in [3.8, 4) is 11.3 Å². The fourth-order valence-corrected chi connectivity index (χ4v) is 5.05. The fraction of sp³-hybridized carbons (Fsp3) is 0.150. The Morgan fingerprint density at radius 1 is 1.04 bits per heavy atom. The highest BCUT2D eigenvalue weighted by molar-refractivity contribution is 7.99. The van der Waals surface area contributed by atoms with Gasteiger partial charge in [0, 0.05) is 21.2 Å². The maximum atomic E-state index is 5.66. The van der Waals surface area contributed by atoms with E-state index in [1.54, 1.807) is 6.26 Å². The summed E-state index contributed by atoms with van der Waals surface area (Å²) in [6.07, 6.45) is 3.95. The Morgan fingerprint density at radius 3 is 2.78 bits per heavy atom. The lowest BCUT2D eigenvalue weighted by Crippen LogP contribution is -2.31. The first-order chi connectivity index (χ1) is 11.1. The number of benzene rings is 2. The van der Waals surface area contributed by atoms with Crippen LogP contribution in [0.3, 0.4) is 0 Å². The average molecular weight is 318 g/mol. The Balaban J connectivity index is 2.02. The number of hydrogen-bond donors (Lipinski definition) is 0. The molecule has 1 aliphatic heterocycles. The zero-order valence-electron chi connectivity index (χ0n) is 13.3. The minimum absolute atomic E-state index is 0.972. The Bertz CT molecular complexity index is 1120. The molecule has 0 amide bonds. The summed E-state index contributed by atoms with van der Waals surface area (Å²) in [6.45, 7) is 4.37. The van der Waals surface area contributed by atoms with E-state index in [2.05, 4.69) is 62.0 Å². The van der Waals surface area contributed by atoms with Gasteiger partial charge in [0.1, 0.15) is 12.6 Å². The van der Waals surface area contributed by atoms with Crippen LogP contribution < -0.4 is 4.57 Å². The Labute approximate surface area is 138 Å². The van der Waals surface area contributed by atoms with Gasteiger partial charge in [0.25, 0.3) is 0 Å². The minimum atomic E-state index is 0.972. The molecule has 2 nitrogen and oxygen atoms in total. The molecule has 2 aromatic carbocycles. The summed E-state index contributed by atoms with van der Waals surface area (Å²) in [5, 5.41) is 3.89. The van der Waals surface area contributed by atoms with E-state index in [0.29, 0.717) is 0 Å². The van der Waals surface area contributed by atoms with Crippen LogP contribution in [0.25, 0.3) is 33.0 Å². The molecule has 4 aromatic rings. The van der Waals surface area contributed by atoms with Gasteiger partial charge in [0.15, 0.2) is 6.20 Å². The zero-order valence-corrected chi connectivity index (χ0v) is 14.1. The van der Waals surface area contributed by atoms with Crippen LogP contribution >= 0.6 is 11.8 Å². The molecule has 0 unspecified atom stereocenters. The molecular weight excluding hydrogens is 302 g/mol. The number of aromatic nitrogens is 1. The molecule has 0 radical (unpaired) electrons. The monoisotopic (exact) mass is 318 g/mol. The highest BCUT2D eigenvalue weighted by atomic mass is 32.2. The quantitative estimate of drug-likeness (QED) is 0.367. The molecule has 3 heteroatoms. The smallest absolute Gasteiger partial charge is 0.222 e. The zero-order chi connectivity index (χ0) is 15.7. The van der Waals surface area contributed by atoms with Crippen LogP contribution in [-0.2, 0) is 7.05 Å². The summed E-state index contributed by atoms with van der Waals surface area (Å²) in [5.41, 5.74) is 6.23. The van der Waals surface area contributed by atoms with E-state index in [9.17, 15) is 0 Å². The van der Waals surface area contributed by atoms with Crippen LogP contribution in [0.4, 0.5) is 0 Å². The molecule has 1 aliphatic rings. The van der Waals surface area contributed by atoms with Crippen molar-refractivity contribution < 1.29 is 8.98 Å². The number of hydrogen-bond acceptors (Lipinski definition) is 2. The summed E-state index contributed by atoms with van der Waals surface area (Å²) >= 11 is 1.86. The van der Waals surface area contributed by atoms with Crippen LogP contribution in [0, 0.1) is 13.8 Å². The fourth-order valence-electron chi connectivity index (χ4n) is 3.74. The van der Waals surface area contributed by atoms with Gasteiger partial charge in [-0.1, -0.05) is 17.8 Å². The lowest BCUT2D eigenvalue weighted by molar-refractivity contribution is -0.659. The molecule has 0 saturated heterocycles. The van der Waals surface area contributed by atoms with Crippen molar-refractivity contribution >= 4 is 33.5 Å². The number of fused-ring (bicyclic) bond motifs is 3. The van der Waals surface area contributed by atoms with E-state index in [4.69, 9.17) is 4.42 Å². The molecular formula is C20H16NOS+. The van der Waals surface area contributed by atoms with E-state index < -0.39 is 0 Å². The van der Waals surface area contributed by atoms with Crippen molar-refractivity contribution in [1.82, 2.24) is 0 Å². The molecule has 5 rings (SSSR count). The van der Waals surface area contributed by atoms with Crippen LogP contribution in [0.15, 0.2) is 57.0 Å². The third kappa shape index (κ3) is 1.68. The Morgan fingerprint density at radius 2 is 1.91 bits per heavy atom. The largest absolute Gasteiger partial charge is 0.464 e. The molecule has 0 spiro atoms. The topological polar surface area (TPSA) is 17.0 Å². The number of pyridine rings is 1. The number of furan rings is 1. The standard InChI is InChI=1S/C20H16NOS/c1-11-8-13-4-6-21(3)20-18-12(2)14-5-7-22-15(14)10-17(18)23-16(9-11)19(13)20/h4-10H,1-3H3/q+1. The average Bonchev–Trinajstić information content (AvgIpc) is 2.98. The molecule has 0 saturated carbocycles. The maximum absolute atomic E-state index is 5.66. The Hall–Kier alpha value is -2.26. The van der Waals surface area contributed by atoms with Gasteiger partial charge in [0.2, 0.25) is 5.69 Å². The van der Waals surface area contributed by atoms with Crippen molar-refractivity contribution in [2.24, 2.45) is 7.05 Å². The summed E-state index contributed by atoms with van der Waals surface area (Å²) < 4.78 is 7.91. The molecule has 23 heavy (non-hydrogen) atoms. The summed E-state index contributed by atoms with van der Waals surface area (Å²) in [4.78, 5) is 2.62. The minimum Gasteiger partial charge on any atom is -0.464 e. The third-order valence-corrected chi connectivity index (χ3v) is 5.87. The van der Waals surface area contributed by atoms with E-state index in [0.717, 1.165) is 5.58 Å². The van der Waals surface area contributed by atoms with Crippen LogP contribution in [0.5, 0.6) is 0 Å². The molecule has 112 valence electrons. The first-order valence-electron chi connectivity index (χ1n) is 7.75. The van der Waals surface area contributed by atoms with Gasteiger partial charge >= 0.3 is 0 Å². The van der Waals surface area contributed by atoms with Gasteiger partial charge in [0.05, 0.1) is 17.2 Å². The van der Waals surface area contributed by atoms with Crippen LogP contribution in [0.1, 0.15) is 11.1 Å². The Kier molecular flexibility index (Phi) is 2.52.